The van der Waals surface area contributed by atoms with Crippen molar-refractivity contribution in [3.63, 3.8) is 0 Å². The molecule has 0 unspecified atom stereocenters. The first-order chi connectivity index (χ1) is 12.0. The van der Waals surface area contributed by atoms with E-state index >= 15 is 0 Å². The molecule has 7 nitrogen and oxygen atoms in total. The average molecular weight is 340 g/mol. The van der Waals surface area contributed by atoms with Crippen LogP contribution in [0.25, 0.3) is 16.7 Å². The molecule has 0 bridgehead atoms. The summed E-state index contributed by atoms with van der Waals surface area (Å²) in [6, 6.07) is 7.82. The van der Waals surface area contributed by atoms with E-state index in [0.717, 1.165) is 17.0 Å². The Kier molecular flexibility index (Phi) is 3.61. The molecule has 0 saturated heterocycles. The predicted molar refractivity (Wildman–Crippen MR) is 91.8 cm³/mol. The second-order valence-corrected chi connectivity index (χ2v) is 6.24. The second-order valence-electron chi connectivity index (χ2n) is 6.24. The van der Waals surface area contributed by atoms with Gasteiger partial charge in [0.15, 0.2) is 5.65 Å². The van der Waals surface area contributed by atoms with Crippen LogP contribution in [0.3, 0.4) is 0 Å². The van der Waals surface area contributed by atoms with Crippen LogP contribution in [0.2, 0.25) is 0 Å². The maximum atomic E-state index is 13.3. The van der Waals surface area contributed by atoms with Crippen LogP contribution in [-0.2, 0) is 13.1 Å². The van der Waals surface area contributed by atoms with Crippen molar-refractivity contribution in [1.82, 2.24) is 29.5 Å². The third kappa shape index (κ3) is 3.03. The number of nitrogens with one attached hydrogen (secondary N) is 2. The Bertz CT molecular complexity index is 1130. The zero-order chi connectivity index (χ0) is 17.6. The predicted octanol–water partition coefficient (Wildman–Crippen LogP) is 1.98. The topological polar surface area (TPSA) is 82.1 Å². The van der Waals surface area contributed by atoms with E-state index in [2.05, 4.69) is 20.1 Å². The summed E-state index contributed by atoms with van der Waals surface area (Å²) in [7, 11) is 1.92. The average Bonchev–Trinajstić information content (AvgIpc) is 3.09. The quantitative estimate of drug-likeness (QED) is 0.595. The van der Waals surface area contributed by atoms with E-state index in [1.807, 2.05) is 24.9 Å². The van der Waals surface area contributed by atoms with Crippen molar-refractivity contribution in [3.8, 4) is 0 Å². The molecule has 4 aromatic rings. The summed E-state index contributed by atoms with van der Waals surface area (Å²) in [5.41, 5.74) is 3.43. The minimum atomic E-state index is -0.296. The lowest BCUT2D eigenvalue weighted by atomic mass is 10.3. The van der Waals surface area contributed by atoms with Crippen molar-refractivity contribution >= 4 is 16.7 Å². The number of hydrogen-bond acceptors (Lipinski definition) is 4. The van der Waals surface area contributed by atoms with Crippen molar-refractivity contribution in [2.75, 3.05) is 7.05 Å². The summed E-state index contributed by atoms with van der Waals surface area (Å²) >= 11 is 0. The molecule has 0 fully saturated rings. The highest BCUT2D eigenvalue weighted by Crippen LogP contribution is 2.14. The molecular weight excluding hydrogens is 323 g/mol. The lowest BCUT2D eigenvalue weighted by molar-refractivity contribution is 0.308. The lowest BCUT2D eigenvalue weighted by Crippen LogP contribution is -2.22. The van der Waals surface area contributed by atoms with Gasteiger partial charge in [0.1, 0.15) is 11.6 Å². The molecule has 0 aliphatic rings. The SMILES string of the molecule is Cc1cc2nc(CN(C)Cc3nc4ccc(F)cc4[nH]3)cc(=O)n2[nH]1. The molecule has 25 heavy (non-hydrogen) atoms. The van der Waals surface area contributed by atoms with Gasteiger partial charge in [-0.25, -0.2) is 18.9 Å². The number of fused-ring (bicyclic) bond motifs is 2. The molecule has 0 aliphatic heterocycles. The Morgan fingerprint density at radius 1 is 1.20 bits per heavy atom. The summed E-state index contributed by atoms with van der Waals surface area (Å²) in [6.45, 7) is 2.91. The summed E-state index contributed by atoms with van der Waals surface area (Å²) in [6.07, 6.45) is 0. The van der Waals surface area contributed by atoms with E-state index in [4.69, 9.17) is 0 Å². The Labute approximate surface area is 142 Å². The van der Waals surface area contributed by atoms with Crippen LogP contribution in [0, 0.1) is 12.7 Å². The molecule has 0 saturated carbocycles. The Morgan fingerprint density at radius 2 is 2.04 bits per heavy atom. The Balaban J connectivity index is 1.54. The van der Waals surface area contributed by atoms with Gasteiger partial charge in [-0.3, -0.25) is 14.8 Å². The van der Waals surface area contributed by atoms with Crippen LogP contribution in [0.15, 0.2) is 35.1 Å². The first-order valence-corrected chi connectivity index (χ1v) is 7.89. The molecule has 0 radical (unpaired) electrons. The molecule has 3 heterocycles. The first kappa shape index (κ1) is 15.5. The molecular formula is C17H17FN6O. The third-order valence-electron chi connectivity index (χ3n) is 3.98. The number of nitrogens with zero attached hydrogens (tertiary/aromatic N) is 4. The number of rotatable bonds is 4. The summed E-state index contributed by atoms with van der Waals surface area (Å²) in [5, 5.41) is 2.95. The Hall–Kier alpha value is -3.00. The van der Waals surface area contributed by atoms with E-state index in [1.165, 1.54) is 22.7 Å². The fourth-order valence-corrected chi connectivity index (χ4v) is 2.94. The summed E-state index contributed by atoms with van der Waals surface area (Å²) in [4.78, 5) is 26.2. The number of aromatic amines is 2. The first-order valence-electron chi connectivity index (χ1n) is 7.89. The molecule has 3 aromatic heterocycles. The van der Waals surface area contributed by atoms with Gasteiger partial charge in [-0.2, -0.15) is 0 Å². The molecule has 0 amide bonds. The van der Waals surface area contributed by atoms with Gasteiger partial charge in [0.2, 0.25) is 0 Å². The van der Waals surface area contributed by atoms with E-state index in [0.29, 0.717) is 29.9 Å². The van der Waals surface area contributed by atoms with Crippen LogP contribution in [0.1, 0.15) is 17.2 Å². The van der Waals surface area contributed by atoms with Crippen molar-refractivity contribution in [1.29, 1.82) is 0 Å². The summed E-state index contributed by atoms with van der Waals surface area (Å²) < 4.78 is 14.7. The number of aryl methyl sites for hydroxylation is 1. The van der Waals surface area contributed by atoms with E-state index < -0.39 is 0 Å². The van der Waals surface area contributed by atoms with E-state index in [9.17, 15) is 9.18 Å². The fraction of sp³-hybridized carbons (Fsp3) is 0.235. The van der Waals surface area contributed by atoms with Crippen LogP contribution < -0.4 is 5.56 Å². The number of halogens is 1. The number of hydrogen-bond donors (Lipinski definition) is 2. The van der Waals surface area contributed by atoms with Crippen molar-refractivity contribution in [2.45, 2.75) is 20.0 Å². The van der Waals surface area contributed by atoms with Crippen LogP contribution >= 0.6 is 0 Å². The monoisotopic (exact) mass is 340 g/mol. The minimum Gasteiger partial charge on any atom is -0.341 e. The molecule has 1 aromatic carbocycles. The fourth-order valence-electron chi connectivity index (χ4n) is 2.94. The minimum absolute atomic E-state index is 0.138. The maximum Gasteiger partial charge on any atom is 0.272 e. The summed E-state index contributed by atoms with van der Waals surface area (Å²) in [5.74, 6) is 0.439. The molecule has 2 N–H and O–H groups in total. The van der Waals surface area contributed by atoms with E-state index in [-0.39, 0.29) is 11.4 Å². The van der Waals surface area contributed by atoms with Crippen LogP contribution in [0.4, 0.5) is 4.39 Å². The van der Waals surface area contributed by atoms with Crippen molar-refractivity contribution in [3.05, 3.63) is 63.7 Å². The highest BCUT2D eigenvalue weighted by atomic mass is 19.1. The molecule has 8 heteroatoms. The molecule has 128 valence electrons. The highest BCUT2D eigenvalue weighted by molar-refractivity contribution is 5.74. The smallest absolute Gasteiger partial charge is 0.272 e. The van der Waals surface area contributed by atoms with E-state index in [1.54, 1.807) is 6.07 Å². The maximum absolute atomic E-state index is 13.3. The van der Waals surface area contributed by atoms with Gasteiger partial charge in [-0.1, -0.05) is 0 Å². The van der Waals surface area contributed by atoms with Gasteiger partial charge < -0.3 is 4.98 Å². The molecule has 0 spiro atoms. The standard InChI is InChI=1S/C17H17FN6O/c1-10-5-16-19-12(7-17(25)24(16)22-10)8-23(2)9-15-20-13-4-3-11(18)6-14(13)21-15/h3-7,22H,8-9H2,1-2H3,(H,20,21). The number of aromatic nitrogens is 5. The largest absolute Gasteiger partial charge is 0.341 e. The molecule has 0 aliphatic carbocycles. The second kappa shape index (κ2) is 5.82. The third-order valence-corrected chi connectivity index (χ3v) is 3.98. The van der Waals surface area contributed by atoms with Gasteiger partial charge in [0, 0.05) is 24.4 Å². The van der Waals surface area contributed by atoms with Crippen molar-refractivity contribution in [2.24, 2.45) is 0 Å². The molecule has 0 atom stereocenters. The normalized spacial score (nSPS) is 11.8. The van der Waals surface area contributed by atoms with Gasteiger partial charge in [-0.05, 0) is 32.2 Å². The van der Waals surface area contributed by atoms with Crippen molar-refractivity contribution < 1.29 is 4.39 Å². The zero-order valence-corrected chi connectivity index (χ0v) is 13.9. The van der Waals surface area contributed by atoms with Gasteiger partial charge >= 0.3 is 0 Å². The van der Waals surface area contributed by atoms with Gasteiger partial charge in [0.05, 0.1) is 23.3 Å². The number of imidazole rings is 1. The highest BCUT2D eigenvalue weighted by Gasteiger charge is 2.10. The molecule has 4 rings (SSSR count). The van der Waals surface area contributed by atoms with Gasteiger partial charge in [0.25, 0.3) is 5.56 Å². The zero-order valence-electron chi connectivity index (χ0n) is 13.9. The number of H-pyrrole nitrogens is 2. The van der Waals surface area contributed by atoms with Gasteiger partial charge in [-0.15, -0.1) is 0 Å². The van der Waals surface area contributed by atoms with Crippen LogP contribution in [-0.4, -0.2) is 36.5 Å². The lowest BCUT2D eigenvalue weighted by Gasteiger charge is -2.14. The Morgan fingerprint density at radius 3 is 2.88 bits per heavy atom. The van der Waals surface area contributed by atoms with Crippen LogP contribution in [0.5, 0.6) is 0 Å². The number of benzene rings is 1.